The number of hydrogen-bond donors (Lipinski definition) is 4. The molecule has 2 aliphatic carbocycles. The Morgan fingerprint density at radius 1 is 0.543 bits per heavy atom. The first-order valence-electron chi connectivity index (χ1n) is 21.9. The van der Waals surface area contributed by atoms with Crippen molar-refractivity contribution in [2.75, 3.05) is 49.6 Å². The second-order valence-corrected chi connectivity index (χ2v) is 16.3. The third-order valence-corrected chi connectivity index (χ3v) is 11.9. The minimum atomic E-state index is -0.957. The number of aromatic nitrogens is 10. The average Bonchev–Trinajstić information content (AvgIpc) is 4.16. The normalized spacial score (nSPS) is 14.6. The number of hydrogen-bond acceptors (Lipinski definition) is 14. The molecule has 70 heavy (non-hydrogen) atoms. The molecule has 22 heteroatoms. The number of benzene rings is 4. The number of ether oxygens (including phenoxy) is 2. The van der Waals surface area contributed by atoms with Crippen molar-refractivity contribution in [3.8, 4) is 22.9 Å². The molecule has 16 nitrogen and oxygen atoms in total. The topological polar surface area (TPSA) is 180 Å². The van der Waals surface area contributed by atoms with E-state index in [0.29, 0.717) is 119 Å². The van der Waals surface area contributed by atoms with Gasteiger partial charge in [0.25, 0.3) is 0 Å². The van der Waals surface area contributed by atoms with Gasteiger partial charge in [-0.05, 0) is 63.8 Å². The Kier molecular flexibility index (Phi) is 12.9. The Bertz CT molecular complexity index is 3010. The van der Waals surface area contributed by atoms with E-state index < -0.39 is 46.7 Å². The molecule has 0 bridgehead atoms. The summed E-state index contributed by atoms with van der Waals surface area (Å²) in [5.74, 6) is -2.99. The van der Waals surface area contributed by atoms with Gasteiger partial charge in [0.1, 0.15) is 93.7 Å². The summed E-state index contributed by atoms with van der Waals surface area (Å²) in [7, 11) is 6.54. The first kappa shape index (κ1) is 46.8. The maximum absolute atomic E-state index is 14.6. The van der Waals surface area contributed by atoms with Crippen molar-refractivity contribution >= 4 is 34.9 Å². The van der Waals surface area contributed by atoms with E-state index in [1.54, 1.807) is 88.4 Å². The molecule has 0 unspecified atom stereocenters. The SMILES string of the molecule is CNc1nc(Nc2ccc(-n3cnc(C)n3)c(OC)c2)nc2c1CC[C@@H]2c1c(F)cc(F)cc1F.CNc1nc(Nc2ccc(-n3cnc(C)n3)c(OC)c2)nc2c1CC[C@H]2c1c(F)cc(F)cc1F. The van der Waals surface area contributed by atoms with Gasteiger partial charge in [0.2, 0.25) is 11.9 Å². The predicted molar refractivity (Wildman–Crippen MR) is 248 cm³/mol. The Labute approximate surface area is 396 Å². The van der Waals surface area contributed by atoms with Gasteiger partial charge >= 0.3 is 0 Å². The molecule has 360 valence electrons. The van der Waals surface area contributed by atoms with E-state index >= 15 is 0 Å². The van der Waals surface area contributed by atoms with Gasteiger partial charge in [0, 0.05) is 96.0 Å². The third-order valence-electron chi connectivity index (χ3n) is 11.9. The molecule has 0 saturated carbocycles. The van der Waals surface area contributed by atoms with Gasteiger partial charge in [-0.3, -0.25) is 0 Å². The standard InChI is InChI=1S/2C24H22F3N7O/c2*1-12-29-11-34(33-12)19-7-4-14(10-20(19)35-3)30-24-31-22-15(5-6-16(22)23(28-2)32-24)21-17(26)8-13(25)9-18(21)27/h2*4,7-11,15H,5-6H2,1-3H3,(H2,28,30,31,32)/t2*15-/m10/s1. The fourth-order valence-electron chi connectivity index (χ4n) is 8.85. The highest BCUT2D eigenvalue weighted by molar-refractivity contribution is 5.66. The van der Waals surface area contributed by atoms with Crippen molar-refractivity contribution in [1.29, 1.82) is 0 Å². The van der Waals surface area contributed by atoms with Gasteiger partial charge in [-0.25, -0.2) is 55.6 Å². The Balaban J connectivity index is 0.000000174. The summed E-state index contributed by atoms with van der Waals surface area (Å²) in [6.07, 6.45) is 5.12. The molecule has 4 aromatic carbocycles. The second kappa shape index (κ2) is 19.4. The van der Waals surface area contributed by atoms with Crippen LogP contribution in [0.4, 0.5) is 61.2 Å². The number of nitrogens with one attached hydrogen (secondary N) is 4. The van der Waals surface area contributed by atoms with E-state index in [1.807, 2.05) is 12.1 Å². The average molecular weight is 963 g/mol. The van der Waals surface area contributed by atoms with Crippen molar-refractivity contribution in [3.05, 3.63) is 154 Å². The van der Waals surface area contributed by atoms with Crippen molar-refractivity contribution in [3.63, 3.8) is 0 Å². The van der Waals surface area contributed by atoms with E-state index in [-0.39, 0.29) is 23.0 Å². The first-order valence-corrected chi connectivity index (χ1v) is 21.9. The molecule has 4 N–H and O–H groups in total. The lowest BCUT2D eigenvalue weighted by atomic mass is 9.95. The number of aryl methyl sites for hydroxylation is 2. The van der Waals surface area contributed by atoms with Crippen molar-refractivity contribution in [2.45, 2.75) is 51.4 Å². The first-order chi connectivity index (χ1) is 33.7. The van der Waals surface area contributed by atoms with Crippen molar-refractivity contribution < 1.29 is 35.8 Å². The molecule has 2 aliphatic rings. The lowest BCUT2D eigenvalue weighted by Crippen LogP contribution is -2.10. The number of nitrogens with zero attached hydrogens (tertiary/aromatic N) is 10. The van der Waals surface area contributed by atoms with E-state index in [1.165, 1.54) is 0 Å². The summed E-state index contributed by atoms with van der Waals surface area (Å²) in [5, 5.41) is 21.0. The van der Waals surface area contributed by atoms with Crippen LogP contribution in [-0.4, -0.2) is 77.8 Å². The fourth-order valence-corrected chi connectivity index (χ4v) is 8.85. The molecular weight excluding hydrogens is 919 g/mol. The third kappa shape index (κ3) is 9.18. The summed E-state index contributed by atoms with van der Waals surface area (Å²) < 4.78 is 99.5. The summed E-state index contributed by atoms with van der Waals surface area (Å²) in [6, 6.07) is 13.5. The van der Waals surface area contributed by atoms with Gasteiger partial charge in [0.05, 0.1) is 25.6 Å². The van der Waals surface area contributed by atoms with Gasteiger partial charge < -0.3 is 30.7 Å². The number of rotatable bonds is 12. The van der Waals surface area contributed by atoms with Crippen LogP contribution in [0.1, 0.15) is 70.0 Å². The summed E-state index contributed by atoms with van der Waals surface area (Å²) >= 11 is 0. The van der Waals surface area contributed by atoms with Crippen molar-refractivity contribution in [2.24, 2.45) is 0 Å². The van der Waals surface area contributed by atoms with Gasteiger partial charge in [-0.2, -0.15) is 20.2 Å². The predicted octanol–water partition coefficient (Wildman–Crippen LogP) is 9.31. The zero-order chi connectivity index (χ0) is 49.4. The highest BCUT2D eigenvalue weighted by atomic mass is 19.2. The zero-order valence-corrected chi connectivity index (χ0v) is 38.5. The maximum Gasteiger partial charge on any atom is 0.229 e. The minimum absolute atomic E-state index is 0.189. The molecule has 4 aromatic heterocycles. The fraction of sp³-hybridized carbons (Fsp3) is 0.250. The number of fused-ring (bicyclic) bond motifs is 2. The van der Waals surface area contributed by atoms with E-state index in [4.69, 9.17) is 9.47 Å². The summed E-state index contributed by atoms with van der Waals surface area (Å²) in [5.41, 5.74) is 4.85. The number of anilines is 6. The zero-order valence-electron chi connectivity index (χ0n) is 38.5. The van der Waals surface area contributed by atoms with E-state index in [0.717, 1.165) is 11.1 Å². The molecule has 8 aromatic rings. The molecule has 0 fully saturated rings. The van der Waals surface area contributed by atoms with Gasteiger partial charge in [0.15, 0.2) is 0 Å². The Hall–Kier alpha value is -8.30. The number of halogens is 6. The van der Waals surface area contributed by atoms with Crippen LogP contribution in [0.15, 0.2) is 73.3 Å². The minimum Gasteiger partial charge on any atom is -0.494 e. The lowest BCUT2D eigenvalue weighted by Gasteiger charge is -2.16. The largest absolute Gasteiger partial charge is 0.494 e. The van der Waals surface area contributed by atoms with Gasteiger partial charge in [-0.1, -0.05) is 0 Å². The summed E-state index contributed by atoms with van der Waals surface area (Å²) in [4.78, 5) is 26.6. The van der Waals surface area contributed by atoms with Crippen LogP contribution in [0.5, 0.6) is 11.5 Å². The van der Waals surface area contributed by atoms with E-state index in [9.17, 15) is 26.3 Å². The van der Waals surface area contributed by atoms with Crippen LogP contribution in [0.2, 0.25) is 0 Å². The van der Waals surface area contributed by atoms with Crippen LogP contribution in [-0.2, 0) is 12.8 Å². The molecular formula is C48H44F6N14O2. The second-order valence-electron chi connectivity index (χ2n) is 16.3. The van der Waals surface area contributed by atoms with Crippen LogP contribution >= 0.6 is 0 Å². The van der Waals surface area contributed by atoms with Crippen LogP contribution in [0.3, 0.4) is 0 Å². The maximum atomic E-state index is 14.6. The molecule has 0 saturated heterocycles. The Morgan fingerprint density at radius 2 is 0.929 bits per heavy atom. The number of methoxy groups -OCH3 is 2. The molecule has 10 rings (SSSR count). The lowest BCUT2D eigenvalue weighted by molar-refractivity contribution is 0.412. The molecule has 0 spiro atoms. The van der Waals surface area contributed by atoms with Crippen LogP contribution in [0, 0.1) is 48.8 Å². The molecule has 2 atom stereocenters. The quantitative estimate of drug-likeness (QED) is 0.0851. The molecule has 0 aliphatic heterocycles. The molecule has 0 radical (unpaired) electrons. The van der Waals surface area contributed by atoms with Crippen LogP contribution < -0.4 is 30.7 Å². The van der Waals surface area contributed by atoms with Crippen LogP contribution in [0.25, 0.3) is 11.4 Å². The highest BCUT2D eigenvalue weighted by Crippen LogP contribution is 2.44. The smallest absolute Gasteiger partial charge is 0.229 e. The highest BCUT2D eigenvalue weighted by Gasteiger charge is 2.35. The Morgan fingerprint density at radius 3 is 1.26 bits per heavy atom. The molecule has 4 heterocycles. The molecule has 0 amide bonds. The monoisotopic (exact) mass is 962 g/mol. The van der Waals surface area contributed by atoms with Gasteiger partial charge in [-0.15, -0.1) is 0 Å². The van der Waals surface area contributed by atoms with E-state index in [2.05, 4.69) is 61.4 Å². The summed E-state index contributed by atoms with van der Waals surface area (Å²) in [6.45, 7) is 3.58. The van der Waals surface area contributed by atoms with Crippen molar-refractivity contribution in [1.82, 2.24) is 49.5 Å².